The van der Waals surface area contributed by atoms with Gasteiger partial charge in [0.05, 0.1) is 6.20 Å². The van der Waals surface area contributed by atoms with Crippen LogP contribution in [0, 0.1) is 19.3 Å². The van der Waals surface area contributed by atoms with Crippen LogP contribution in [-0.2, 0) is 13.7 Å². The molecule has 2 aromatic rings. The van der Waals surface area contributed by atoms with E-state index < -0.39 is 0 Å². The second kappa shape index (κ2) is 5.14. The number of aryl methyl sites for hydroxylation is 3. The van der Waals surface area contributed by atoms with E-state index in [1.54, 1.807) is 10.9 Å². The lowest BCUT2D eigenvalue weighted by Crippen LogP contribution is -2.12. The van der Waals surface area contributed by atoms with Crippen molar-refractivity contribution in [2.24, 2.45) is 12.8 Å². The number of aromatic nitrogens is 2. The van der Waals surface area contributed by atoms with Crippen molar-refractivity contribution in [3.8, 4) is 5.75 Å². The van der Waals surface area contributed by atoms with E-state index in [1.165, 1.54) is 0 Å². The van der Waals surface area contributed by atoms with Crippen LogP contribution in [0.2, 0.25) is 0 Å². The fourth-order valence-electron chi connectivity index (χ4n) is 2.04. The van der Waals surface area contributed by atoms with Gasteiger partial charge in [-0.1, -0.05) is 0 Å². The second-order valence-electron chi connectivity index (χ2n) is 4.66. The normalized spacial score (nSPS) is 10.5. The molecule has 0 bridgehead atoms. The van der Waals surface area contributed by atoms with Crippen molar-refractivity contribution in [2.75, 3.05) is 0 Å². The van der Waals surface area contributed by atoms with Gasteiger partial charge in [0.15, 0.2) is 0 Å². The maximum absolute atomic E-state index is 7.46. The molecule has 0 spiro atoms. The number of amidine groups is 1. The van der Waals surface area contributed by atoms with Crippen LogP contribution < -0.4 is 10.5 Å². The number of benzene rings is 1. The van der Waals surface area contributed by atoms with E-state index in [0.29, 0.717) is 6.61 Å². The summed E-state index contributed by atoms with van der Waals surface area (Å²) in [4.78, 5) is 0. The minimum atomic E-state index is 0.0741. The van der Waals surface area contributed by atoms with Gasteiger partial charge in [-0.05, 0) is 37.1 Å². The zero-order chi connectivity index (χ0) is 14.0. The summed E-state index contributed by atoms with van der Waals surface area (Å²) in [6.07, 6.45) is 3.71. The number of hydrogen-bond donors (Lipinski definition) is 2. The molecule has 1 aromatic heterocycles. The molecular formula is C14H18N4O. The largest absolute Gasteiger partial charge is 0.488 e. The van der Waals surface area contributed by atoms with Gasteiger partial charge >= 0.3 is 0 Å². The molecule has 0 saturated carbocycles. The van der Waals surface area contributed by atoms with Gasteiger partial charge in [0.25, 0.3) is 0 Å². The lowest BCUT2D eigenvalue weighted by molar-refractivity contribution is 0.302. The van der Waals surface area contributed by atoms with Crippen LogP contribution in [0.1, 0.15) is 22.3 Å². The minimum absolute atomic E-state index is 0.0741. The molecule has 19 heavy (non-hydrogen) atoms. The van der Waals surface area contributed by atoms with Crippen LogP contribution in [0.3, 0.4) is 0 Å². The SMILES string of the molecule is Cc1cc(C(=N)N)cc(C)c1OCc1cnn(C)c1. The van der Waals surface area contributed by atoms with E-state index in [0.717, 1.165) is 28.0 Å². The molecule has 0 aliphatic carbocycles. The Kier molecular flexibility index (Phi) is 3.55. The Bertz CT molecular complexity index is 593. The first-order valence-electron chi connectivity index (χ1n) is 6.03. The fourth-order valence-corrected chi connectivity index (χ4v) is 2.04. The third-order valence-electron chi connectivity index (χ3n) is 2.91. The van der Waals surface area contributed by atoms with Crippen molar-refractivity contribution in [3.05, 3.63) is 46.8 Å². The van der Waals surface area contributed by atoms with Gasteiger partial charge in [0.2, 0.25) is 0 Å². The van der Waals surface area contributed by atoms with E-state index in [4.69, 9.17) is 15.9 Å². The van der Waals surface area contributed by atoms with Crippen LogP contribution in [0.25, 0.3) is 0 Å². The molecule has 5 nitrogen and oxygen atoms in total. The number of hydrogen-bond acceptors (Lipinski definition) is 3. The number of nitrogens with zero attached hydrogens (tertiary/aromatic N) is 2. The number of nitrogen functional groups attached to an aromatic ring is 1. The molecule has 0 aliphatic rings. The smallest absolute Gasteiger partial charge is 0.125 e. The summed E-state index contributed by atoms with van der Waals surface area (Å²) in [6, 6.07) is 3.74. The highest BCUT2D eigenvalue weighted by Crippen LogP contribution is 2.25. The van der Waals surface area contributed by atoms with Gasteiger partial charge in [-0.3, -0.25) is 10.1 Å². The molecule has 0 fully saturated rings. The molecule has 3 N–H and O–H groups in total. The van der Waals surface area contributed by atoms with E-state index in [9.17, 15) is 0 Å². The van der Waals surface area contributed by atoms with Crippen LogP contribution >= 0.6 is 0 Å². The van der Waals surface area contributed by atoms with Crippen molar-refractivity contribution >= 4 is 5.84 Å². The Hall–Kier alpha value is -2.30. The average molecular weight is 258 g/mol. The van der Waals surface area contributed by atoms with E-state index >= 15 is 0 Å². The maximum Gasteiger partial charge on any atom is 0.125 e. The summed E-state index contributed by atoms with van der Waals surface area (Å²) in [6.45, 7) is 4.39. The molecule has 0 aliphatic heterocycles. The lowest BCUT2D eigenvalue weighted by atomic mass is 10.1. The Morgan fingerprint density at radius 1 is 1.37 bits per heavy atom. The number of nitrogens with two attached hydrogens (primary N) is 1. The van der Waals surface area contributed by atoms with Crippen LogP contribution in [0.5, 0.6) is 5.75 Å². The molecule has 1 aromatic carbocycles. The summed E-state index contributed by atoms with van der Waals surface area (Å²) >= 11 is 0. The first-order valence-corrected chi connectivity index (χ1v) is 6.03. The fraction of sp³-hybridized carbons (Fsp3) is 0.286. The first kappa shape index (κ1) is 13.1. The van der Waals surface area contributed by atoms with Crippen LogP contribution in [0.4, 0.5) is 0 Å². The Morgan fingerprint density at radius 2 is 2.00 bits per heavy atom. The van der Waals surface area contributed by atoms with Gasteiger partial charge in [-0.2, -0.15) is 5.10 Å². The maximum atomic E-state index is 7.46. The highest BCUT2D eigenvalue weighted by atomic mass is 16.5. The lowest BCUT2D eigenvalue weighted by Gasteiger charge is -2.13. The summed E-state index contributed by atoms with van der Waals surface area (Å²) in [5.74, 6) is 0.916. The topological polar surface area (TPSA) is 76.9 Å². The first-order chi connectivity index (χ1) is 8.97. The average Bonchev–Trinajstić information content (AvgIpc) is 2.73. The van der Waals surface area contributed by atoms with Crippen LogP contribution in [-0.4, -0.2) is 15.6 Å². The Morgan fingerprint density at radius 3 is 2.47 bits per heavy atom. The van der Waals surface area contributed by atoms with Gasteiger partial charge in [-0.15, -0.1) is 0 Å². The Balaban J connectivity index is 2.18. The predicted octanol–water partition coefficient (Wildman–Crippen LogP) is 1.90. The van der Waals surface area contributed by atoms with Crippen molar-refractivity contribution in [1.29, 1.82) is 5.41 Å². The van der Waals surface area contributed by atoms with Crippen molar-refractivity contribution < 1.29 is 4.74 Å². The molecule has 0 atom stereocenters. The molecular weight excluding hydrogens is 240 g/mol. The third kappa shape index (κ3) is 2.93. The van der Waals surface area contributed by atoms with E-state index in [1.807, 2.05) is 39.2 Å². The summed E-state index contributed by atoms with van der Waals surface area (Å²) in [5.41, 5.74) is 9.21. The second-order valence-corrected chi connectivity index (χ2v) is 4.66. The third-order valence-corrected chi connectivity index (χ3v) is 2.91. The van der Waals surface area contributed by atoms with Crippen molar-refractivity contribution in [1.82, 2.24) is 9.78 Å². The molecule has 0 radical (unpaired) electrons. The summed E-state index contributed by atoms with van der Waals surface area (Å²) < 4.78 is 7.58. The number of ether oxygens (including phenoxy) is 1. The standard InChI is InChI=1S/C14H18N4O/c1-9-4-12(14(15)16)5-10(2)13(9)19-8-11-6-17-18(3)7-11/h4-7H,8H2,1-3H3,(H3,15,16). The minimum Gasteiger partial charge on any atom is -0.488 e. The highest BCUT2D eigenvalue weighted by molar-refractivity contribution is 5.95. The molecule has 2 rings (SSSR count). The van der Waals surface area contributed by atoms with E-state index in [-0.39, 0.29) is 5.84 Å². The highest BCUT2D eigenvalue weighted by Gasteiger charge is 2.08. The summed E-state index contributed by atoms with van der Waals surface area (Å²) in [5, 5.41) is 11.6. The summed E-state index contributed by atoms with van der Waals surface area (Å²) in [7, 11) is 1.88. The van der Waals surface area contributed by atoms with Crippen molar-refractivity contribution in [2.45, 2.75) is 20.5 Å². The molecule has 5 heteroatoms. The molecule has 0 unspecified atom stereocenters. The van der Waals surface area contributed by atoms with Gasteiger partial charge in [0, 0.05) is 24.4 Å². The number of rotatable bonds is 4. The predicted molar refractivity (Wildman–Crippen MR) is 74.5 cm³/mol. The monoisotopic (exact) mass is 258 g/mol. The number of nitrogens with one attached hydrogen (secondary N) is 1. The van der Waals surface area contributed by atoms with Gasteiger partial charge in [0.1, 0.15) is 18.2 Å². The quantitative estimate of drug-likeness (QED) is 0.649. The van der Waals surface area contributed by atoms with Crippen LogP contribution in [0.15, 0.2) is 24.5 Å². The van der Waals surface area contributed by atoms with E-state index in [2.05, 4.69) is 5.10 Å². The van der Waals surface area contributed by atoms with Crippen molar-refractivity contribution in [3.63, 3.8) is 0 Å². The molecule has 1 heterocycles. The van der Waals surface area contributed by atoms with Gasteiger partial charge in [-0.25, -0.2) is 0 Å². The van der Waals surface area contributed by atoms with Gasteiger partial charge < -0.3 is 10.5 Å². The zero-order valence-electron chi connectivity index (χ0n) is 11.4. The zero-order valence-corrected chi connectivity index (χ0v) is 11.4. The molecule has 0 amide bonds. The molecule has 0 saturated heterocycles. The molecule has 100 valence electrons. The Labute approximate surface area is 112 Å².